The Kier molecular flexibility index (Phi) is 3.55. The van der Waals surface area contributed by atoms with Gasteiger partial charge in [0.2, 0.25) is 5.91 Å². The minimum Gasteiger partial charge on any atom is -0.480 e. The summed E-state index contributed by atoms with van der Waals surface area (Å²) in [4.78, 5) is 23.0. The summed E-state index contributed by atoms with van der Waals surface area (Å²) in [5, 5.41) is 11.7. The number of carboxylic acid groups (broad SMARTS) is 1. The number of aliphatic carboxylic acids is 1. The monoisotopic (exact) mass is 241 g/mol. The smallest absolute Gasteiger partial charge is 0.326 e. The van der Waals surface area contributed by atoms with Crippen molar-refractivity contribution < 1.29 is 14.7 Å². The van der Waals surface area contributed by atoms with E-state index in [-0.39, 0.29) is 22.7 Å². The van der Waals surface area contributed by atoms with Gasteiger partial charge in [-0.25, -0.2) is 4.79 Å². The fraction of sp³-hybridized carbons (Fsp3) is 0.846. The number of carboxylic acids is 1. The topological polar surface area (TPSA) is 66.4 Å². The second-order valence-corrected chi connectivity index (χ2v) is 6.06. The van der Waals surface area contributed by atoms with Gasteiger partial charge in [-0.05, 0) is 17.3 Å². The maximum atomic E-state index is 12.1. The highest BCUT2D eigenvalue weighted by molar-refractivity contribution is 5.88. The molecule has 17 heavy (non-hydrogen) atoms. The van der Waals surface area contributed by atoms with Gasteiger partial charge in [0.25, 0.3) is 0 Å². The van der Waals surface area contributed by atoms with Crippen molar-refractivity contribution in [1.29, 1.82) is 0 Å². The molecule has 1 saturated carbocycles. The summed E-state index contributed by atoms with van der Waals surface area (Å²) >= 11 is 0. The zero-order chi connectivity index (χ0) is 13.4. The van der Waals surface area contributed by atoms with Gasteiger partial charge in [-0.3, -0.25) is 4.79 Å². The highest BCUT2D eigenvalue weighted by Gasteiger charge is 2.68. The van der Waals surface area contributed by atoms with Crippen LogP contribution in [0.5, 0.6) is 0 Å². The average Bonchev–Trinajstić information content (AvgIpc) is 2.56. The van der Waals surface area contributed by atoms with Crippen molar-refractivity contribution in [2.24, 2.45) is 16.7 Å². The molecular weight excluding hydrogens is 218 g/mol. The minimum absolute atomic E-state index is 0.0493. The van der Waals surface area contributed by atoms with Gasteiger partial charge in [0, 0.05) is 5.92 Å². The van der Waals surface area contributed by atoms with Gasteiger partial charge in [0.05, 0.1) is 0 Å². The molecule has 2 N–H and O–H groups in total. The lowest BCUT2D eigenvalue weighted by molar-refractivity contribution is -0.142. The molecule has 4 nitrogen and oxygen atoms in total. The Morgan fingerprint density at radius 1 is 1.24 bits per heavy atom. The van der Waals surface area contributed by atoms with E-state index in [9.17, 15) is 9.59 Å². The Morgan fingerprint density at radius 3 is 2.00 bits per heavy atom. The molecule has 0 aromatic heterocycles. The molecule has 0 aliphatic heterocycles. The summed E-state index contributed by atoms with van der Waals surface area (Å²) in [5.41, 5.74) is -0.0985. The van der Waals surface area contributed by atoms with Crippen LogP contribution in [-0.4, -0.2) is 23.0 Å². The van der Waals surface area contributed by atoms with Crippen molar-refractivity contribution in [3.8, 4) is 0 Å². The van der Waals surface area contributed by atoms with E-state index in [1.165, 1.54) is 0 Å². The number of amides is 1. The number of carbonyl (C=O) groups is 2. The van der Waals surface area contributed by atoms with Crippen molar-refractivity contribution in [3.63, 3.8) is 0 Å². The largest absolute Gasteiger partial charge is 0.480 e. The molecule has 0 radical (unpaired) electrons. The molecule has 0 unspecified atom stereocenters. The third-order valence-corrected chi connectivity index (χ3v) is 4.47. The van der Waals surface area contributed by atoms with Crippen LogP contribution in [0.2, 0.25) is 0 Å². The van der Waals surface area contributed by atoms with Crippen LogP contribution in [0, 0.1) is 16.7 Å². The van der Waals surface area contributed by atoms with Crippen LogP contribution in [0.15, 0.2) is 0 Å². The summed E-state index contributed by atoms with van der Waals surface area (Å²) in [6.07, 6.45) is 1.23. The average molecular weight is 241 g/mol. The van der Waals surface area contributed by atoms with Crippen LogP contribution < -0.4 is 5.32 Å². The third kappa shape index (κ3) is 2.31. The fourth-order valence-corrected chi connectivity index (χ4v) is 2.65. The first kappa shape index (κ1) is 14.0. The second-order valence-electron chi connectivity index (χ2n) is 6.06. The molecule has 98 valence electrons. The van der Waals surface area contributed by atoms with E-state index in [2.05, 4.69) is 5.32 Å². The van der Waals surface area contributed by atoms with E-state index < -0.39 is 12.0 Å². The predicted octanol–water partition coefficient (Wildman–Crippen LogP) is 2.04. The molecule has 0 bridgehead atoms. The highest BCUT2D eigenvalue weighted by atomic mass is 16.4. The fourth-order valence-electron chi connectivity index (χ4n) is 2.65. The van der Waals surface area contributed by atoms with Crippen LogP contribution in [0.3, 0.4) is 0 Å². The Bertz CT molecular complexity index is 320. The standard InChI is InChI=1S/C13H23NO3/c1-6-7-8(11(16)17)14-10(15)9-12(2,3)13(9,4)5/h8-9H,6-7H2,1-5H3,(H,14,15)(H,16,17)/t8-/m1/s1. The number of nitrogens with one attached hydrogen (secondary N) is 1. The molecule has 1 fully saturated rings. The van der Waals surface area contributed by atoms with Crippen LogP contribution in [-0.2, 0) is 9.59 Å². The maximum absolute atomic E-state index is 12.1. The maximum Gasteiger partial charge on any atom is 0.326 e. The third-order valence-electron chi connectivity index (χ3n) is 4.47. The van der Waals surface area contributed by atoms with E-state index in [0.29, 0.717) is 6.42 Å². The van der Waals surface area contributed by atoms with Gasteiger partial charge < -0.3 is 10.4 Å². The van der Waals surface area contributed by atoms with E-state index >= 15 is 0 Å². The summed E-state index contributed by atoms with van der Waals surface area (Å²) in [7, 11) is 0. The molecule has 1 amide bonds. The summed E-state index contributed by atoms with van der Waals surface area (Å²) in [6.45, 7) is 10.1. The number of carbonyl (C=O) groups excluding carboxylic acids is 1. The van der Waals surface area contributed by atoms with Crippen molar-refractivity contribution >= 4 is 11.9 Å². The first-order valence-electron chi connectivity index (χ1n) is 6.19. The zero-order valence-corrected chi connectivity index (χ0v) is 11.3. The molecule has 1 aliphatic rings. The first-order valence-corrected chi connectivity index (χ1v) is 6.19. The van der Waals surface area contributed by atoms with E-state index in [1.54, 1.807) is 0 Å². The lowest BCUT2D eigenvalue weighted by atomic mass is 10.0. The lowest BCUT2D eigenvalue weighted by Gasteiger charge is -2.14. The quantitative estimate of drug-likeness (QED) is 0.774. The zero-order valence-electron chi connectivity index (χ0n) is 11.3. The van der Waals surface area contributed by atoms with Crippen molar-refractivity contribution in [1.82, 2.24) is 5.32 Å². The number of hydrogen-bond donors (Lipinski definition) is 2. The Balaban J connectivity index is 2.65. The van der Waals surface area contributed by atoms with E-state index in [1.807, 2.05) is 34.6 Å². The molecule has 4 heteroatoms. The molecular formula is C13H23NO3. The molecule has 1 rings (SSSR count). The van der Waals surface area contributed by atoms with Gasteiger partial charge in [0.1, 0.15) is 6.04 Å². The van der Waals surface area contributed by atoms with Gasteiger partial charge in [0.15, 0.2) is 0 Å². The SMILES string of the molecule is CCC[C@@H](NC(=O)C1C(C)(C)C1(C)C)C(=O)O. The van der Waals surface area contributed by atoms with E-state index in [4.69, 9.17) is 5.11 Å². The van der Waals surface area contributed by atoms with Crippen molar-refractivity contribution in [2.45, 2.75) is 53.5 Å². The molecule has 0 saturated heterocycles. The van der Waals surface area contributed by atoms with E-state index in [0.717, 1.165) is 6.42 Å². The first-order chi connectivity index (χ1) is 7.66. The summed E-state index contributed by atoms with van der Waals surface area (Å²) in [5.74, 6) is -1.16. The normalized spacial score (nSPS) is 22.9. The molecule has 0 heterocycles. The Hall–Kier alpha value is -1.06. The Morgan fingerprint density at radius 2 is 1.71 bits per heavy atom. The summed E-state index contributed by atoms with van der Waals surface area (Å²) < 4.78 is 0. The highest BCUT2D eigenvalue weighted by Crippen LogP contribution is 2.68. The van der Waals surface area contributed by atoms with Gasteiger partial charge >= 0.3 is 5.97 Å². The Labute approximate surface area is 103 Å². The van der Waals surface area contributed by atoms with Crippen molar-refractivity contribution in [3.05, 3.63) is 0 Å². The van der Waals surface area contributed by atoms with Gasteiger partial charge in [-0.1, -0.05) is 41.0 Å². The molecule has 0 spiro atoms. The molecule has 0 aromatic carbocycles. The molecule has 0 aromatic rings. The summed E-state index contributed by atoms with van der Waals surface area (Å²) in [6, 6.07) is -0.750. The van der Waals surface area contributed by atoms with Crippen LogP contribution >= 0.6 is 0 Å². The minimum atomic E-state index is -0.948. The predicted molar refractivity (Wildman–Crippen MR) is 65.5 cm³/mol. The molecule has 1 aliphatic carbocycles. The van der Waals surface area contributed by atoms with Crippen molar-refractivity contribution in [2.75, 3.05) is 0 Å². The van der Waals surface area contributed by atoms with Crippen LogP contribution in [0.25, 0.3) is 0 Å². The van der Waals surface area contributed by atoms with Gasteiger partial charge in [-0.15, -0.1) is 0 Å². The van der Waals surface area contributed by atoms with Crippen LogP contribution in [0.1, 0.15) is 47.5 Å². The second kappa shape index (κ2) is 4.31. The number of rotatable bonds is 5. The van der Waals surface area contributed by atoms with Crippen LogP contribution in [0.4, 0.5) is 0 Å². The van der Waals surface area contributed by atoms with Gasteiger partial charge in [-0.2, -0.15) is 0 Å². The lowest BCUT2D eigenvalue weighted by Crippen LogP contribution is -2.42. The number of hydrogen-bond acceptors (Lipinski definition) is 2. The molecule has 1 atom stereocenters.